The van der Waals surface area contributed by atoms with Gasteiger partial charge in [0.25, 0.3) is 11.9 Å². The molecule has 0 bridgehead atoms. The van der Waals surface area contributed by atoms with Crippen molar-refractivity contribution in [3.05, 3.63) is 59.0 Å². The van der Waals surface area contributed by atoms with Crippen LogP contribution in [-0.4, -0.2) is 56.9 Å². The lowest BCUT2D eigenvalue weighted by Gasteiger charge is -2.26. The number of ether oxygens (including phenoxy) is 1. The Morgan fingerprint density at radius 2 is 1.97 bits per heavy atom. The number of aromatic nitrogens is 4. The van der Waals surface area contributed by atoms with Crippen molar-refractivity contribution < 1.29 is 9.53 Å². The van der Waals surface area contributed by atoms with E-state index in [1.165, 1.54) is 5.56 Å². The Kier molecular flexibility index (Phi) is 5.63. The van der Waals surface area contributed by atoms with Crippen molar-refractivity contribution in [1.82, 2.24) is 24.6 Å². The molecule has 3 aromatic rings. The van der Waals surface area contributed by atoms with Crippen LogP contribution >= 0.6 is 0 Å². The SMILES string of the molecule is COCCN(C(=O)c1cnn(-c2ncc3c(n2)-c2ccccc2CC3)c1C)C(C)C. The third-order valence-corrected chi connectivity index (χ3v) is 5.64. The molecule has 0 unspecified atom stereocenters. The van der Waals surface area contributed by atoms with Crippen LogP contribution in [-0.2, 0) is 17.6 Å². The Balaban J connectivity index is 1.69. The highest BCUT2D eigenvalue weighted by Gasteiger charge is 2.24. The molecule has 0 fully saturated rings. The van der Waals surface area contributed by atoms with Gasteiger partial charge >= 0.3 is 0 Å². The molecule has 0 N–H and O–H groups in total. The van der Waals surface area contributed by atoms with Crippen molar-refractivity contribution in [3.8, 4) is 17.2 Å². The highest BCUT2D eigenvalue weighted by Crippen LogP contribution is 2.31. The molecule has 0 aliphatic heterocycles. The van der Waals surface area contributed by atoms with Crippen LogP contribution in [0.25, 0.3) is 17.2 Å². The first-order chi connectivity index (χ1) is 14.5. The third kappa shape index (κ3) is 3.61. The van der Waals surface area contributed by atoms with Crippen LogP contribution in [0.1, 0.15) is 41.0 Å². The van der Waals surface area contributed by atoms with Gasteiger partial charge in [-0.2, -0.15) is 5.10 Å². The molecule has 1 aromatic carbocycles. The Morgan fingerprint density at radius 1 is 1.20 bits per heavy atom. The van der Waals surface area contributed by atoms with Crippen molar-refractivity contribution >= 4 is 5.91 Å². The van der Waals surface area contributed by atoms with E-state index in [1.807, 2.05) is 33.0 Å². The molecule has 0 saturated heterocycles. The van der Waals surface area contributed by atoms with Crippen LogP contribution in [0.4, 0.5) is 0 Å². The van der Waals surface area contributed by atoms with Crippen LogP contribution < -0.4 is 0 Å². The third-order valence-electron chi connectivity index (χ3n) is 5.64. The summed E-state index contributed by atoms with van der Waals surface area (Å²) in [5.74, 6) is 0.420. The van der Waals surface area contributed by atoms with Crippen LogP contribution in [0.5, 0.6) is 0 Å². The molecule has 7 heteroatoms. The van der Waals surface area contributed by atoms with E-state index in [1.54, 1.807) is 22.9 Å². The van der Waals surface area contributed by atoms with Gasteiger partial charge in [0.1, 0.15) is 0 Å². The zero-order valence-corrected chi connectivity index (χ0v) is 17.9. The van der Waals surface area contributed by atoms with Crippen LogP contribution in [0.3, 0.4) is 0 Å². The first-order valence-electron chi connectivity index (χ1n) is 10.3. The van der Waals surface area contributed by atoms with Crippen molar-refractivity contribution in [2.45, 2.75) is 39.7 Å². The zero-order chi connectivity index (χ0) is 21.3. The lowest BCUT2D eigenvalue weighted by atomic mass is 9.90. The Morgan fingerprint density at radius 3 is 2.73 bits per heavy atom. The van der Waals surface area contributed by atoms with E-state index in [4.69, 9.17) is 9.72 Å². The normalized spacial score (nSPS) is 12.6. The maximum absolute atomic E-state index is 13.1. The highest BCUT2D eigenvalue weighted by molar-refractivity contribution is 5.95. The summed E-state index contributed by atoms with van der Waals surface area (Å²) in [6.45, 7) is 6.90. The number of rotatable bonds is 6. The summed E-state index contributed by atoms with van der Waals surface area (Å²) < 4.78 is 6.81. The second-order valence-electron chi connectivity index (χ2n) is 7.84. The van der Waals surface area contributed by atoms with Gasteiger partial charge in [-0.05, 0) is 44.7 Å². The Labute approximate surface area is 176 Å². The van der Waals surface area contributed by atoms with E-state index in [0.717, 1.165) is 35.4 Å². The summed E-state index contributed by atoms with van der Waals surface area (Å²) >= 11 is 0. The summed E-state index contributed by atoms with van der Waals surface area (Å²) in [5, 5.41) is 4.45. The average molecular weight is 406 g/mol. The van der Waals surface area contributed by atoms with Crippen molar-refractivity contribution in [2.24, 2.45) is 0 Å². The lowest BCUT2D eigenvalue weighted by Crippen LogP contribution is -2.39. The minimum atomic E-state index is -0.0610. The summed E-state index contributed by atoms with van der Waals surface area (Å²) in [7, 11) is 1.64. The molecule has 0 atom stereocenters. The summed E-state index contributed by atoms with van der Waals surface area (Å²) in [4.78, 5) is 24.3. The van der Waals surface area contributed by atoms with Crippen LogP contribution in [0.15, 0.2) is 36.7 Å². The predicted octanol–water partition coefficient (Wildman–Crippen LogP) is 3.23. The van der Waals surface area contributed by atoms with E-state index in [2.05, 4.69) is 28.3 Å². The zero-order valence-electron chi connectivity index (χ0n) is 17.9. The summed E-state index contributed by atoms with van der Waals surface area (Å²) in [6, 6.07) is 8.41. The number of hydrogen-bond acceptors (Lipinski definition) is 5. The molecular weight excluding hydrogens is 378 g/mol. The van der Waals surface area contributed by atoms with E-state index in [-0.39, 0.29) is 11.9 Å². The maximum atomic E-state index is 13.1. The fraction of sp³-hybridized carbons (Fsp3) is 0.391. The van der Waals surface area contributed by atoms with Gasteiger partial charge in [0.05, 0.1) is 29.8 Å². The van der Waals surface area contributed by atoms with Crippen molar-refractivity contribution in [1.29, 1.82) is 0 Å². The minimum absolute atomic E-state index is 0.0610. The predicted molar refractivity (Wildman–Crippen MR) is 115 cm³/mol. The van der Waals surface area contributed by atoms with Gasteiger partial charge in [-0.25, -0.2) is 14.6 Å². The van der Waals surface area contributed by atoms with Crippen molar-refractivity contribution in [2.75, 3.05) is 20.3 Å². The molecule has 0 radical (unpaired) electrons. The molecule has 4 rings (SSSR count). The highest BCUT2D eigenvalue weighted by atomic mass is 16.5. The first-order valence-corrected chi connectivity index (χ1v) is 10.3. The van der Waals surface area contributed by atoms with Gasteiger partial charge < -0.3 is 9.64 Å². The summed E-state index contributed by atoms with van der Waals surface area (Å²) in [6.07, 6.45) is 5.42. The topological polar surface area (TPSA) is 73.1 Å². The number of nitrogens with zero attached hydrogens (tertiary/aromatic N) is 5. The number of carbonyl (C=O) groups is 1. The molecule has 156 valence electrons. The number of methoxy groups -OCH3 is 1. The standard InChI is InChI=1S/C23H27N5O2/c1-15(2)27(11-12-30-4)22(29)20-14-25-28(16(20)3)23-24-13-18-10-9-17-7-5-6-8-19(17)21(18)26-23/h5-8,13-15H,9-12H2,1-4H3. The second-order valence-corrected chi connectivity index (χ2v) is 7.84. The molecule has 2 aromatic heterocycles. The molecule has 0 spiro atoms. The molecule has 1 aliphatic rings. The fourth-order valence-electron chi connectivity index (χ4n) is 3.91. The number of carbonyl (C=O) groups excluding carboxylic acids is 1. The van der Waals surface area contributed by atoms with E-state index in [9.17, 15) is 4.79 Å². The van der Waals surface area contributed by atoms with E-state index < -0.39 is 0 Å². The first kappa shape index (κ1) is 20.2. The molecule has 1 amide bonds. The van der Waals surface area contributed by atoms with E-state index in [0.29, 0.717) is 24.7 Å². The number of amides is 1. The minimum Gasteiger partial charge on any atom is -0.383 e. The Hall–Kier alpha value is -3.06. The molecular formula is C23H27N5O2. The Bertz CT molecular complexity index is 1070. The monoisotopic (exact) mass is 405 g/mol. The van der Waals surface area contributed by atoms with Gasteiger partial charge in [-0.3, -0.25) is 4.79 Å². The quantitative estimate of drug-likeness (QED) is 0.630. The smallest absolute Gasteiger partial charge is 0.257 e. The maximum Gasteiger partial charge on any atom is 0.257 e. The van der Waals surface area contributed by atoms with Crippen molar-refractivity contribution in [3.63, 3.8) is 0 Å². The van der Waals surface area contributed by atoms with Gasteiger partial charge in [0.2, 0.25) is 0 Å². The van der Waals surface area contributed by atoms with Crippen LogP contribution in [0, 0.1) is 6.92 Å². The lowest BCUT2D eigenvalue weighted by molar-refractivity contribution is 0.0634. The van der Waals surface area contributed by atoms with Gasteiger partial charge in [0, 0.05) is 31.5 Å². The largest absolute Gasteiger partial charge is 0.383 e. The van der Waals surface area contributed by atoms with Crippen LogP contribution in [0.2, 0.25) is 0 Å². The second kappa shape index (κ2) is 8.36. The molecule has 1 aliphatic carbocycles. The fourth-order valence-corrected chi connectivity index (χ4v) is 3.91. The molecule has 2 heterocycles. The molecule has 0 saturated carbocycles. The summed E-state index contributed by atoms with van der Waals surface area (Å²) in [5.41, 5.74) is 5.83. The molecule has 7 nitrogen and oxygen atoms in total. The number of fused-ring (bicyclic) bond motifs is 3. The van der Waals surface area contributed by atoms with E-state index >= 15 is 0 Å². The number of aryl methyl sites for hydroxylation is 2. The van der Waals surface area contributed by atoms with Gasteiger partial charge in [-0.15, -0.1) is 0 Å². The molecule has 30 heavy (non-hydrogen) atoms. The number of benzene rings is 1. The number of hydrogen-bond donors (Lipinski definition) is 0. The van der Waals surface area contributed by atoms with Gasteiger partial charge in [-0.1, -0.05) is 24.3 Å². The van der Waals surface area contributed by atoms with Gasteiger partial charge in [0.15, 0.2) is 0 Å². The average Bonchev–Trinajstić information content (AvgIpc) is 3.14.